The van der Waals surface area contributed by atoms with Crippen molar-refractivity contribution in [1.29, 1.82) is 0 Å². The average molecular weight is 281 g/mol. The maximum atomic E-state index is 12.1. The summed E-state index contributed by atoms with van der Waals surface area (Å²) in [7, 11) is 0. The van der Waals surface area contributed by atoms with Gasteiger partial charge in [-0.1, -0.05) is 0 Å². The lowest BCUT2D eigenvalue weighted by molar-refractivity contribution is -0.122. The minimum Gasteiger partial charge on any atom is -0.352 e. The third-order valence-electron chi connectivity index (χ3n) is 4.59. The fourth-order valence-electron chi connectivity index (χ4n) is 3.27. The number of nitrogens with one attached hydrogen (secondary N) is 1. The number of carbonyl (C=O) groups excluding carboxylic acids is 1. The van der Waals surface area contributed by atoms with Crippen molar-refractivity contribution in [3.8, 4) is 0 Å². The van der Waals surface area contributed by atoms with Crippen molar-refractivity contribution >= 4 is 5.91 Å². The molecule has 20 heavy (non-hydrogen) atoms. The van der Waals surface area contributed by atoms with Crippen LogP contribution >= 0.6 is 0 Å². The summed E-state index contributed by atoms with van der Waals surface area (Å²) in [5.41, 5.74) is 0.207. The molecule has 2 rings (SSSR count). The van der Waals surface area contributed by atoms with Crippen LogP contribution in [0.3, 0.4) is 0 Å². The molecule has 0 aromatic carbocycles. The molecule has 4 nitrogen and oxygen atoms in total. The summed E-state index contributed by atoms with van der Waals surface area (Å²) in [5.74, 6) is 0.234. The third-order valence-corrected chi connectivity index (χ3v) is 4.59. The molecule has 1 amide bonds. The first-order valence-electron chi connectivity index (χ1n) is 8.22. The Labute approximate surface area is 123 Å². The highest BCUT2D eigenvalue weighted by Gasteiger charge is 2.28. The van der Waals surface area contributed by atoms with E-state index in [0.29, 0.717) is 12.5 Å². The zero-order chi connectivity index (χ0) is 14.6. The largest absolute Gasteiger partial charge is 0.352 e. The van der Waals surface area contributed by atoms with Crippen LogP contribution in [-0.4, -0.2) is 60.0 Å². The highest BCUT2D eigenvalue weighted by Crippen LogP contribution is 2.20. The molecule has 0 bridgehead atoms. The van der Waals surface area contributed by atoms with Gasteiger partial charge < -0.3 is 10.2 Å². The second-order valence-electron chi connectivity index (χ2n) is 7.32. The lowest BCUT2D eigenvalue weighted by Gasteiger charge is -2.41. The monoisotopic (exact) mass is 281 g/mol. The number of piperidine rings is 1. The van der Waals surface area contributed by atoms with E-state index in [1.54, 1.807) is 0 Å². The number of hydrogen-bond acceptors (Lipinski definition) is 3. The zero-order valence-corrected chi connectivity index (χ0v) is 13.5. The lowest BCUT2D eigenvalue weighted by atomic mass is 9.98. The van der Waals surface area contributed by atoms with Crippen molar-refractivity contribution in [2.75, 3.05) is 32.7 Å². The summed E-state index contributed by atoms with van der Waals surface area (Å²) in [5, 5.41) is 3.24. The van der Waals surface area contributed by atoms with E-state index < -0.39 is 0 Å². The highest BCUT2D eigenvalue weighted by molar-refractivity contribution is 5.76. The normalized spacial score (nSPS) is 25.9. The molecule has 2 fully saturated rings. The van der Waals surface area contributed by atoms with Crippen LogP contribution in [0, 0.1) is 0 Å². The zero-order valence-electron chi connectivity index (χ0n) is 13.5. The molecule has 2 aliphatic heterocycles. The van der Waals surface area contributed by atoms with E-state index >= 15 is 0 Å². The summed E-state index contributed by atoms with van der Waals surface area (Å²) in [4.78, 5) is 17.0. The maximum absolute atomic E-state index is 12.1. The molecule has 0 aliphatic carbocycles. The Morgan fingerprint density at radius 2 is 1.85 bits per heavy atom. The van der Waals surface area contributed by atoms with Gasteiger partial charge >= 0.3 is 0 Å². The SMILES string of the molecule is CC(C)(C)N1CCCC(NC(=O)CCN2CCCC2)C1. The van der Waals surface area contributed by atoms with E-state index in [2.05, 4.69) is 35.9 Å². The van der Waals surface area contributed by atoms with E-state index in [0.717, 1.165) is 26.1 Å². The Hall–Kier alpha value is -0.610. The standard InChI is InChI=1S/C16H31N3O/c1-16(2,3)19-11-6-7-14(13-19)17-15(20)8-12-18-9-4-5-10-18/h14H,4-13H2,1-3H3,(H,17,20). The van der Waals surface area contributed by atoms with Gasteiger partial charge in [0.25, 0.3) is 0 Å². The molecule has 2 saturated heterocycles. The molecule has 116 valence electrons. The second-order valence-corrected chi connectivity index (χ2v) is 7.32. The van der Waals surface area contributed by atoms with Gasteiger partial charge in [0, 0.05) is 31.1 Å². The molecule has 0 spiro atoms. The Morgan fingerprint density at radius 3 is 2.50 bits per heavy atom. The van der Waals surface area contributed by atoms with Crippen LogP contribution in [0.5, 0.6) is 0 Å². The van der Waals surface area contributed by atoms with E-state index in [4.69, 9.17) is 0 Å². The molecule has 2 aliphatic rings. The van der Waals surface area contributed by atoms with Gasteiger partial charge in [-0.05, 0) is 66.1 Å². The number of hydrogen-bond donors (Lipinski definition) is 1. The van der Waals surface area contributed by atoms with Crippen molar-refractivity contribution in [3.63, 3.8) is 0 Å². The second kappa shape index (κ2) is 6.90. The first kappa shape index (κ1) is 15.8. The summed E-state index contributed by atoms with van der Waals surface area (Å²) in [6.45, 7) is 12.2. The molecular formula is C16H31N3O. The Balaban J connectivity index is 1.70. The molecule has 4 heteroatoms. The number of nitrogens with zero attached hydrogens (tertiary/aromatic N) is 2. The van der Waals surface area contributed by atoms with Crippen LogP contribution in [0.2, 0.25) is 0 Å². The van der Waals surface area contributed by atoms with E-state index in [1.165, 1.54) is 32.4 Å². The van der Waals surface area contributed by atoms with Crippen molar-refractivity contribution in [2.45, 2.75) is 64.5 Å². The Morgan fingerprint density at radius 1 is 1.15 bits per heavy atom. The van der Waals surface area contributed by atoms with Crippen LogP contribution in [0.15, 0.2) is 0 Å². The van der Waals surface area contributed by atoms with Crippen LogP contribution in [0.25, 0.3) is 0 Å². The van der Waals surface area contributed by atoms with Gasteiger partial charge in [0.1, 0.15) is 0 Å². The van der Waals surface area contributed by atoms with Crippen molar-refractivity contribution < 1.29 is 4.79 Å². The molecule has 0 saturated carbocycles. The quantitative estimate of drug-likeness (QED) is 0.854. The van der Waals surface area contributed by atoms with Gasteiger partial charge in [-0.15, -0.1) is 0 Å². The molecule has 0 aromatic heterocycles. The lowest BCUT2D eigenvalue weighted by Crippen LogP contribution is -2.53. The first-order chi connectivity index (χ1) is 9.45. The third kappa shape index (κ3) is 4.74. The summed E-state index contributed by atoms with van der Waals surface area (Å²) < 4.78 is 0. The van der Waals surface area contributed by atoms with Gasteiger partial charge in [0.15, 0.2) is 0 Å². The van der Waals surface area contributed by atoms with Crippen molar-refractivity contribution in [2.24, 2.45) is 0 Å². The predicted molar refractivity (Wildman–Crippen MR) is 82.8 cm³/mol. The Bertz CT molecular complexity index is 318. The summed E-state index contributed by atoms with van der Waals surface area (Å²) in [6, 6.07) is 0.342. The van der Waals surface area contributed by atoms with E-state index in [9.17, 15) is 4.79 Å². The minimum absolute atomic E-state index is 0.207. The highest BCUT2D eigenvalue weighted by atomic mass is 16.1. The van der Waals surface area contributed by atoms with E-state index in [-0.39, 0.29) is 11.4 Å². The predicted octanol–water partition coefficient (Wildman–Crippen LogP) is 1.85. The van der Waals surface area contributed by atoms with Crippen molar-refractivity contribution in [3.05, 3.63) is 0 Å². The molecular weight excluding hydrogens is 250 g/mol. The average Bonchev–Trinajstić information content (AvgIpc) is 2.89. The molecule has 0 aromatic rings. The van der Waals surface area contributed by atoms with E-state index in [1.807, 2.05) is 0 Å². The number of carbonyl (C=O) groups is 1. The number of amides is 1. The van der Waals surface area contributed by atoms with Gasteiger partial charge in [-0.2, -0.15) is 0 Å². The molecule has 1 N–H and O–H groups in total. The maximum Gasteiger partial charge on any atom is 0.221 e. The molecule has 2 heterocycles. The van der Waals surface area contributed by atoms with Gasteiger partial charge in [0.05, 0.1) is 0 Å². The summed E-state index contributed by atoms with van der Waals surface area (Å²) in [6.07, 6.45) is 5.57. The smallest absolute Gasteiger partial charge is 0.221 e. The fraction of sp³-hybridized carbons (Fsp3) is 0.938. The Kier molecular flexibility index (Phi) is 5.44. The number of rotatable bonds is 4. The topological polar surface area (TPSA) is 35.6 Å². The fourth-order valence-corrected chi connectivity index (χ4v) is 3.27. The summed E-state index contributed by atoms with van der Waals surface area (Å²) >= 11 is 0. The van der Waals surface area contributed by atoms with Crippen LogP contribution < -0.4 is 5.32 Å². The first-order valence-corrected chi connectivity index (χ1v) is 8.22. The molecule has 1 atom stereocenters. The van der Waals surface area contributed by atoms with Gasteiger partial charge in [0.2, 0.25) is 5.91 Å². The van der Waals surface area contributed by atoms with Gasteiger partial charge in [-0.25, -0.2) is 0 Å². The van der Waals surface area contributed by atoms with Crippen LogP contribution in [0.1, 0.15) is 52.9 Å². The molecule has 1 unspecified atom stereocenters. The van der Waals surface area contributed by atoms with Crippen LogP contribution in [0.4, 0.5) is 0 Å². The van der Waals surface area contributed by atoms with Crippen molar-refractivity contribution in [1.82, 2.24) is 15.1 Å². The number of likely N-dealkylation sites (tertiary alicyclic amines) is 2. The van der Waals surface area contributed by atoms with Crippen LogP contribution in [-0.2, 0) is 4.79 Å². The minimum atomic E-state index is 0.207. The van der Waals surface area contributed by atoms with Gasteiger partial charge in [-0.3, -0.25) is 9.69 Å². The molecule has 0 radical (unpaired) electrons.